The summed E-state index contributed by atoms with van der Waals surface area (Å²) in [4.78, 5) is 24.7. The first-order valence-corrected chi connectivity index (χ1v) is 9.49. The monoisotopic (exact) mass is 390 g/mol. The first-order valence-electron chi connectivity index (χ1n) is 7.51. The highest BCUT2D eigenvalue weighted by atomic mass is 32.2. The van der Waals surface area contributed by atoms with Gasteiger partial charge in [-0.3, -0.25) is 9.59 Å². The molecule has 2 rings (SSSR count). The van der Waals surface area contributed by atoms with Gasteiger partial charge in [0.05, 0.1) is 23.3 Å². The summed E-state index contributed by atoms with van der Waals surface area (Å²) in [6.07, 6.45) is 0. The number of anilines is 1. The van der Waals surface area contributed by atoms with E-state index in [0.717, 1.165) is 16.7 Å². The van der Waals surface area contributed by atoms with Gasteiger partial charge in [-0.15, -0.1) is 23.5 Å². The zero-order valence-corrected chi connectivity index (χ0v) is 15.2. The highest BCUT2D eigenvalue weighted by Crippen LogP contribution is 2.26. The third-order valence-electron chi connectivity index (χ3n) is 3.00. The van der Waals surface area contributed by atoms with E-state index in [2.05, 4.69) is 5.32 Å². The zero-order valence-electron chi connectivity index (χ0n) is 13.6. The van der Waals surface area contributed by atoms with Crippen molar-refractivity contribution in [3.05, 3.63) is 54.3 Å². The minimum absolute atomic E-state index is 0.0944. The molecule has 0 aliphatic rings. The largest absolute Gasteiger partial charge is 0.455 e. The molecule has 0 radical (unpaired) electrons. The molecule has 2 aromatic rings. The van der Waals surface area contributed by atoms with E-state index in [1.807, 2.05) is 6.07 Å². The lowest BCUT2D eigenvalue weighted by molar-refractivity contribution is -0.144. The average molecular weight is 390 g/mol. The van der Waals surface area contributed by atoms with Crippen LogP contribution < -0.4 is 5.32 Å². The molecular weight excluding hydrogens is 375 g/mol. The van der Waals surface area contributed by atoms with Crippen molar-refractivity contribution in [3.63, 3.8) is 0 Å². The molecule has 5 nitrogen and oxygen atoms in total. The molecule has 0 aliphatic heterocycles. The molecule has 0 heterocycles. The van der Waals surface area contributed by atoms with Gasteiger partial charge in [-0.25, -0.2) is 4.39 Å². The van der Waals surface area contributed by atoms with E-state index in [-0.39, 0.29) is 11.5 Å². The van der Waals surface area contributed by atoms with Gasteiger partial charge in [0.1, 0.15) is 5.82 Å². The number of nitriles is 1. The second kappa shape index (κ2) is 10.5. The number of nitrogens with zero attached hydrogens (tertiary/aromatic N) is 1. The Hall–Kier alpha value is -2.50. The van der Waals surface area contributed by atoms with Crippen molar-refractivity contribution in [1.29, 1.82) is 5.26 Å². The molecule has 134 valence electrons. The number of amides is 1. The van der Waals surface area contributed by atoms with Gasteiger partial charge in [-0.05, 0) is 24.3 Å². The van der Waals surface area contributed by atoms with Crippen LogP contribution in [0.15, 0.2) is 58.3 Å². The molecule has 0 atom stereocenters. The molecule has 0 saturated heterocycles. The highest BCUT2D eigenvalue weighted by molar-refractivity contribution is 8.00. The molecule has 0 saturated carbocycles. The molecule has 0 bridgehead atoms. The van der Waals surface area contributed by atoms with Crippen LogP contribution in [-0.2, 0) is 14.3 Å². The van der Waals surface area contributed by atoms with Gasteiger partial charge in [0.25, 0.3) is 5.91 Å². The maximum Gasteiger partial charge on any atom is 0.316 e. The Kier molecular flexibility index (Phi) is 7.99. The van der Waals surface area contributed by atoms with Gasteiger partial charge in [-0.1, -0.05) is 24.3 Å². The lowest BCUT2D eigenvalue weighted by atomic mass is 10.3. The summed E-state index contributed by atoms with van der Waals surface area (Å²) < 4.78 is 18.4. The second-order valence-corrected chi connectivity index (χ2v) is 6.91. The van der Waals surface area contributed by atoms with Crippen LogP contribution in [0.4, 0.5) is 10.1 Å². The van der Waals surface area contributed by atoms with Crippen molar-refractivity contribution in [2.45, 2.75) is 9.79 Å². The Morgan fingerprint density at radius 3 is 2.50 bits per heavy atom. The Bertz CT molecular complexity index is 824. The smallest absolute Gasteiger partial charge is 0.316 e. The van der Waals surface area contributed by atoms with E-state index in [1.165, 1.54) is 17.8 Å². The number of hydrogen-bond donors (Lipinski definition) is 1. The lowest BCUT2D eigenvalue weighted by Gasteiger charge is -2.10. The number of hydrogen-bond acceptors (Lipinski definition) is 6. The molecule has 2 aromatic carbocycles. The van der Waals surface area contributed by atoms with Crippen LogP contribution in [0.25, 0.3) is 0 Å². The Balaban J connectivity index is 1.79. The molecule has 1 N–H and O–H groups in total. The summed E-state index contributed by atoms with van der Waals surface area (Å²) in [6, 6.07) is 15.2. The summed E-state index contributed by atoms with van der Waals surface area (Å²) >= 11 is 2.31. The second-order valence-electron chi connectivity index (χ2n) is 4.87. The zero-order chi connectivity index (χ0) is 18.8. The number of carbonyl (C=O) groups excluding carboxylic acids is 2. The minimum atomic E-state index is -0.611. The number of nitrogens with one attached hydrogen (secondary N) is 1. The highest BCUT2D eigenvalue weighted by Gasteiger charge is 2.11. The molecular formula is C18H15FN2O3S2. The van der Waals surface area contributed by atoms with Gasteiger partial charge in [0.2, 0.25) is 0 Å². The number of halogens is 1. The Morgan fingerprint density at radius 1 is 1.08 bits per heavy atom. The normalized spacial score (nSPS) is 10.0. The molecule has 0 aromatic heterocycles. The number of ether oxygens (including phenoxy) is 1. The van der Waals surface area contributed by atoms with E-state index in [1.54, 1.807) is 42.5 Å². The van der Waals surface area contributed by atoms with E-state index >= 15 is 0 Å². The fourth-order valence-electron chi connectivity index (χ4n) is 1.88. The first kappa shape index (κ1) is 19.8. The third-order valence-corrected chi connectivity index (χ3v) is 4.96. The number of carbonyl (C=O) groups is 2. The number of benzene rings is 2. The molecule has 0 unspecified atom stereocenters. The number of thioether (sulfide) groups is 2. The third kappa shape index (κ3) is 6.43. The molecule has 1 amide bonds. The van der Waals surface area contributed by atoms with Gasteiger partial charge in [0.15, 0.2) is 6.61 Å². The van der Waals surface area contributed by atoms with Crippen molar-refractivity contribution < 1.29 is 18.7 Å². The topological polar surface area (TPSA) is 79.2 Å². The number of para-hydroxylation sites is 1. The van der Waals surface area contributed by atoms with E-state index < -0.39 is 24.3 Å². The lowest BCUT2D eigenvalue weighted by Crippen LogP contribution is -2.22. The predicted octanol–water partition coefficient (Wildman–Crippen LogP) is 3.72. The van der Waals surface area contributed by atoms with Gasteiger partial charge in [-0.2, -0.15) is 5.26 Å². The fourth-order valence-corrected chi connectivity index (χ4v) is 3.29. The number of rotatable bonds is 8. The predicted molar refractivity (Wildman–Crippen MR) is 99.5 cm³/mol. The van der Waals surface area contributed by atoms with Crippen LogP contribution >= 0.6 is 23.5 Å². The van der Waals surface area contributed by atoms with Crippen LogP contribution in [0.1, 0.15) is 0 Å². The maximum absolute atomic E-state index is 13.5. The Labute approximate surface area is 158 Å². The quantitative estimate of drug-likeness (QED) is 0.547. The molecule has 26 heavy (non-hydrogen) atoms. The van der Waals surface area contributed by atoms with Crippen molar-refractivity contribution in [2.75, 3.05) is 23.4 Å². The summed E-state index contributed by atoms with van der Waals surface area (Å²) in [5, 5.41) is 11.3. The maximum atomic E-state index is 13.5. The molecule has 8 heteroatoms. The fraction of sp³-hybridized carbons (Fsp3) is 0.167. The summed E-state index contributed by atoms with van der Waals surface area (Å²) in [6.45, 7) is -0.437. The van der Waals surface area contributed by atoms with Gasteiger partial charge < -0.3 is 10.1 Å². The van der Waals surface area contributed by atoms with Crippen LogP contribution in [0.5, 0.6) is 0 Å². The Morgan fingerprint density at radius 2 is 1.77 bits per heavy atom. The summed E-state index contributed by atoms with van der Waals surface area (Å²) in [7, 11) is 0. The van der Waals surface area contributed by atoms with Gasteiger partial charge >= 0.3 is 5.97 Å². The summed E-state index contributed by atoms with van der Waals surface area (Å²) in [5.41, 5.74) is 0.550. The number of esters is 1. The SMILES string of the molecule is N#CCSc1ccccc1NC(=O)COC(=O)CSc1ccccc1F. The van der Waals surface area contributed by atoms with Crippen LogP contribution in [0, 0.1) is 17.1 Å². The van der Waals surface area contributed by atoms with E-state index in [4.69, 9.17) is 10.00 Å². The standard InChI is InChI=1S/C18H15FN2O3S2/c19-13-5-1-3-7-15(13)26-12-18(23)24-11-17(22)21-14-6-2-4-8-16(14)25-10-9-20/h1-8H,10-12H2,(H,21,22). The van der Waals surface area contributed by atoms with Gasteiger partial charge in [0, 0.05) is 9.79 Å². The minimum Gasteiger partial charge on any atom is -0.455 e. The molecule has 0 spiro atoms. The van der Waals surface area contributed by atoms with Crippen LogP contribution in [0.2, 0.25) is 0 Å². The molecule has 0 fully saturated rings. The van der Waals surface area contributed by atoms with Crippen molar-refractivity contribution in [2.24, 2.45) is 0 Å². The van der Waals surface area contributed by atoms with Crippen LogP contribution in [-0.4, -0.2) is 30.0 Å². The average Bonchev–Trinajstić information content (AvgIpc) is 2.65. The van der Waals surface area contributed by atoms with E-state index in [9.17, 15) is 14.0 Å². The van der Waals surface area contributed by atoms with Crippen molar-refractivity contribution in [3.8, 4) is 6.07 Å². The van der Waals surface area contributed by atoms with E-state index in [0.29, 0.717) is 10.6 Å². The van der Waals surface area contributed by atoms with Crippen LogP contribution in [0.3, 0.4) is 0 Å². The first-order chi connectivity index (χ1) is 12.6. The molecule has 0 aliphatic carbocycles. The van der Waals surface area contributed by atoms with Crippen molar-refractivity contribution in [1.82, 2.24) is 0 Å². The van der Waals surface area contributed by atoms with Crippen molar-refractivity contribution >= 4 is 41.1 Å². The summed E-state index contributed by atoms with van der Waals surface area (Å²) in [5.74, 6) is -1.34.